The number of rotatable bonds is 3. The van der Waals surface area contributed by atoms with Gasteiger partial charge in [0.2, 0.25) is 0 Å². The minimum atomic E-state index is 0.285. The van der Waals surface area contributed by atoms with Crippen LogP contribution < -0.4 is 4.74 Å². The molecule has 0 aliphatic carbocycles. The number of likely N-dealkylation sites (tertiary alicyclic amines) is 1. The first-order chi connectivity index (χ1) is 8.20. The zero-order chi connectivity index (χ0) is 12.3. The van der Waals surface area contributed by atoms with Crippen LogP contribution in [0.2, 0.25) is 0 Å². The standard InChI is InChI=1S/C14H21NO2/c1-11-5-4-8-15(9-11)10-12-6-3-7-13(17-2)14(12)16/h3,6-7,11,16H,4-5,8-10H2,1-2H3/t11-/m1/s1. The Labute approximate surface area is 103 Å². The predicted molar refractivity (Wildman–Crippen MR) is 68.3 cm³/mol. The molecule has 0 unspecified atom stereocenters. The van der Waals surface area contributed by atoms with Crippen molar-refractivity contribution < 1.29 is 9.84 Å². The van der Waals surface area contributed by atoms with Crippen molar-refractivity contribution in [3.05, 3.63) is 23.8 Å². The van der Waals surface area contributed by atoms with Crippen molar-refractivity contribution in [2.75, 3.05) is 20.2 Å². The van der Waals surface area contributed by atoms with Crippen LogP contribution in [-0.2, 0) is 6.54 Å². The molecule has 17 heavy (non-hydrogen) atoms. The van der Waals surface area contributed by atoms with E-state index in [4.69, 9.17) is 4.74 Å². The molecule has 0 saturated carbocycles. The maximum Gasteiger partial charge on any atom is 0.162 e. The second kappa shape index (κ2) is 5.41. The molecule has 0 spiro atoms. The van der Waals surface area contributed by atoms with Gasteiger partial charge in [-0.05, 0) is 31.4 Å². The summed E-state index contributed by atoms with van der Waals surface area (Å²) in [7, 11) is 1.59. The van der Waals surface area contributed by atoms with E-state index in [0.29, 0.717) is 5.75 Å². The van der Waals surface area contributed by atoms with Gasteiger partial charge in [0.25, 0.3) is 0 Å². The maximum atomic E-state index is 10.0. The van der Waals surface area contributed by atoms with Crippen LogP contribution in [0, 0.1) is 5.92 Å². The van der Waals surface area contributed by atoms with Gasteiger partial charge in [0, 0.05) is 18.7 Å². The van der Waals surface area contributed by atoms with Gasteiger partial charge in [-0.1, -0.05) is 19.1 Å². The molecule has 3 heteroatoms. The number of phenolic OH excluding ortho intramolecular Hbond substituents is 1. The Hall–Kier alpha value is -1.22. The van der Waals surface area contributed by atoms with Crippen molar-refractivity contribution in [3.8, 4) is 11.5 Å². The first-order valence-electron chi connectivity index (χ1n) is 6.28. The molecule has 2 rings (SSSR count). The number of hydrogen-bond acceptors (Lipinski definition) is 3. The molecule has 1 atom stereocenters. The summed E-state index contributed by atoms with van der Waals surface area (Å²) in [6.45, 7) is 5.35. The molecule has 3 nitrogen and oxygen atoms in total. The predicted octanol–water partition coefficient (Wildman–Crippen LogP) is 2.63. The van der Waals surface area contributed by atoms with Crippen molar-refractivity contribution in [1.29, 1.82) is 0 Å². The lowest BCUT2D eigenvalue weighted by molar-refractivity contribution is 0.175. The SMILES string of the molecule is COc1cccc(CN2CCC[C@@H](C)C2)c1O. The number of ether oxygens (including phenoxy) is 1. The van der Waals surface area contributed by atoms with E-state index in [0.717, 1.165) is 31.1 Å². The number of methoxy groups -OCH3 is 1. The highest BCUT2D eigenvalue weighted by Gasteiger charge is 2.18. The average Bonchev–Trinajstić information content (AvgIpc) is 2.32. The number of para-hydroxylation sites is 1. The molecular weight excluding hydrogens is 214 g/mol. The summed E-state index contributed by atoms with van der Waals surface area (Å²) < 4.78 is 5.13. The maximum absolute atomic E-state index is 10.0. The molecule has 0 amide bonds. The lowest BCUT2D eigenvalue weighted by Crippen LogP contribution is -2.33. The van der Waals surface area contributed by atoms with E-state index in [1.54, 1.807) is 13.2 Å². The topological polar surface area (TPSA) is 32.7 Å². The largest absolute Gasteiger partial charge is 0.504 e. The van der Waals surface area contributed by atoms with E-state index >= 15 is 0 Å². The number of piperidine rings is 1. The molecule has 0 aromatic heterocycles. The van der Waals surface area contributed by atoms with Crippen LogP contribution >= 0.6 is 0 Å². The summed E-state index contributed by atoms with van der Waals surface area (Å²) in [5.41, 5.74) is 0.957. The summed E-state index contributed by atoms with van der Waals surface area (Å²) in [6.07, 6.45) is 2.58. The van der Waals surface area contributed by atoms with E-state index in [1.807, 2.05) is 12.1 Å². The quantitative estimate of drug-likeness (QED) is 0.874. The van der Waals surface area contributed by atoms with Crippen LogP contribution in [0.1, 0.15) is 25.3 Å². The van der Waals surface area contributed by atoms with E-state index in [1.165, 1.54) is 12.8 Å². The third-order valence-corrected chi connectivity index (χ3v) is 3.44. The molecule has 0 radical (unpaired) electrons. The summed E-state index contributed by atoms with van der Waals surface area (Å²) >= 11 is 0. The fourth-order valence-electron chi connectivity index (χ4n) is 2.53. The fourth-order valence-corrected chi connectivity index (χ4v) is 2.53. The normalized spacial score (nSPS) is 21.4. The monoisotopic (exact) mass is 235 g/mol. The highest BCUT2D eigenvalue weighted by Crippen LogP contribution is 2.31. The van der Waals surface area contributed by atoms with Crippen molar-refractivity contribution in [2.24, 2.45) is 5.92 Å². The Morgan fingerprint density at radius 3 is 3.00 bits per heavy atom. The lowest BCUT2D eigenvalue weighted by Gasteiger charge is -2.31. The van der Waals surface area contributed by atoms with Crippen LogP contribution in [-0.4, -0.2) is 30.2 Å². The summed E-state index contributed by atoms with van der Waals surface area (Å²) in [4.78, 5) is 2.41. The molecule has 0 bridgehead atoms. The van der Waals surface area contributed by atoms with Crippen molar-refractivity contribution >= 4 is 0 Å². The van der Waals surface area contributed by atoms with E-state index < -0.39 is 0 Å². The Balaban J connectivity index is 2.07. The second-order valence-electron chi connectivity index (χ2n) is 4.95. The summed E-state index contributed by atoms with van der Waals surface area (Å²) in [6, 6.07) is 5.69. The number of phenols is 1. The van der Waals surface area contributed by atoms with Crippen LogP contribution in [0.4, 0.5) is 0 Å². The van der Waals surface area contributed by atoms with E-state index in [2.05, 4.69) is 11.8 Å². The van der Waals surface area contributed by atoms with E-state index in [9.17, 15) is 5.11 Å². The minimum Gasteiger partial charge on any atom is -0.504 e. The van der Waals surface area contributed by atoms with Gasteiger partial charge in [0.15, 0.2) is 11.5 Å². The minimum absolute atomic E-state index is 0.285. The smallest absolute Gasteiger partial charge is 0.162 e. The average molecular weight is 235 g/mol. The molecule has 1 fully saturated rings. The van der Waals surface area contributed by atoms with Gasteiger partial charge in [-0.3, -0.25) is 4.90 Å². The number of nitrogens with zero attached hydrogens (tertiary/aromatic N) is 1. The number of benzene rings is 1. The zero-order valence-corrected chi connectivity index (χ0v) is 10.6. The summed E-state index contributed by atoms with van der Waals surface area (Å²) in [5, 5.41) is 10.0. The Morgan fingerprint density at radius 2 is 2.29 bits per heavy atom. The molecule has 1 aromatic rings. The highest BCUT2D eigenvalue weighted by molar-refractivity contribution is 5.45. The van der Waals surface area contributed by atoms with Crippen LogP contribution in [0.3, 0.4) is 0 Å². The third kappa shape index (κ3) is 2.91. The zero-order valence-electron chi connectivity index (χ0n) is 10.6. The second-order valence-corrected chi connectivity index (χ2v) is 4.95. The van der Waals surface area contributed by atoms with Gasteiger partial charge in [-0.15, -0.1) is 0 Å². The number of aromatic hydroxyl groups is 1. The van der Waals surface area contributed by atoms with Gasteiger partial charge < -0.3 is 9.84 Å². The van der Waals surface area contributed by atoms with Gasteiger partial charge in [0.05, 0.1) is 7.11 Å². The lowest BCUT2D eigenvalue weighted by atomic mass is 9.99. The molecule has 94 valence electrons. The van der Waals surface area contributed by atoms with Crippen molar-refractivity contribution in [3.63, 3.8) is 0 Å². The molecule has 1 aromatic carbocycles. The third-order valence-electron chi connectivity index (χ3n) is 3.44. The Kier molecular flexibility index (Phi) is 3.89. The highest BCUT2D eigenvalue weighted by atomic mass is 16.5. The van der Waals surface area contributed by atoms with Crippen LogP contribution in [0.25, 0.3) is 0 Å². The Bertz CT molecular complexity index is 378. The van der Waals surface area contributed by atoms with Crippen LogP contribution in [0.15, 0.2) is 18.2 Å². The first kappa shape index (κ1) is 12.2. The molecular formula is C14H21NO2. The van der Waals surface area contributed by atoms with Crippen molar-refractivity contribution in [1.82, 2.24) is 4.90 Å². The molecule has 1 heterocycles. The summed E-state index contributed by atoms with van der Waals surface area (Å²) in [5.74, 6) is 1.61. The first-order valence-corrected chi connectivity index (χ1v) is 6.28. The van der Waals surface area contributed by atoms with Gasteiger partial charge in [-0.25, -0.2) is 0 Å². The van der Waals surface area contributed by atoms with Crippen molar-refractivity contribution in [2.45, 2.75) is 26.3 Å². The molecule has 1 saturated heterocycles. The van der Waals surface area contributed by atoms with Gasteiger partial charge >= 0.3 is 0 Å². The fraction of sp³-hybridized carbons (Fsp3) is 0.571. The molecule has 1 N–H and O–H groups in total. The number of hydrogen-bond donors (Lipinski definition) is 1. The molecule has 1 aliphatic rings. The van der Waals surface area contributed by atoms with E-state index in [-0.39, 0.29) is 5.75 Å². The van der Waals surface area contributed by atoms with Crippen LogP contribution in [0.5, 0.6) is 11.5 Å². The van der Waals surface area contributed by atoms with Gasteiger partial charge in [-0.2, -0.15) is 0 Å². The van der Waals surface area contributed by atoms with Gasteiger partial charge in [0.1, 0.15) is 0 Å². The molecule has 1 aliphatic heterocycles. The Morgan fingerprint density at radius 1 is 1.47 bits per heavy atom.